The maximum atomic E-state index is 11.3. The van der Waals surface area contributed by atoms with Crippen LogP contribution in [0.2, 0.25) is 0 Å². The summed E-state index contributed by atoms with van der Waals surface area (Å²) in [5.74, 6) is 1.01. The first-order valence-electron chi connectivity index (χ1n) is 9.08. The van der Waals surface area contributed by atoms with Crippen molar-refractivity contribution in [2.45, 2.75) is 12.8 Å². The van der Waals surface area contributed by atoms with Crippen molar-refractivity contribution in [2.24, 2.45) is 0 Å². The van der Waals surface area contributed by atoms with Crippen molar-refractivity contribution in [3.8, 4) is 5.69 Å². The molecule has 0 unspecified atom stereocenters. The Morgan fingerprint density at radius 1 is 0.857 bits per heavy atom. The van der Waals surface area contributed by atoms with Crippen LogP contribution in [-0.4, -0.2) is 24.2 Å². The fourth-order valence-electron chi connectivity index (χ4n) is 3.32. The van der Waals surface area contributed by atoms with Gasteiger partial charge in [-0.1, -0.05) is 42.5 Å². The SMILES string of the molecule is CS(=O)(=O)Nc1ccc(CCc2nc3ccccc3n2-c2ccccc2)cc1. The number of nitrogens with zero attached hydrogens (tertiary/aromatic N) is 2. The standard InChI is InChI=1S/C22H21N3O2S/c1-28(26,27)24-18-14-11-17(12-15-18)13-16-22-23-20-9-5-6-10-21(20)25(22)19-7-3-2-4-8-19/h2-12,14-15,24H,13,16H2,1H3. The van der Waals surface area contributed by atoms with Crippen molar-refractivity contribution in [3.63, 3.8) is 0 Å². The lowest BCUT2D eigenvalue weighted by Crippen LogP contribution is -2.09. The molecule has 6 heteroatoms. The van der Waals surface area contributed by atoms with Gasteiger partial charge in [0.1, 0.15) is 5.82 Å². The summed E-state index contributed by atoms with van der Waals surface area (Å²) < 4.78 is 27.4. The summed E-state index contributed by atoms with van der Waals surface area (Å²) in [5, 5.41) is 0. The second-order valence-electron chi connectivity index (χ2n) is 6.76. The van der Waals surface area contributed by atoms with Gasteiger partial charge >= 0.3 is 0 Å². The predicted octanol–water partition coefficient (Wildman–Crippen LogP) is 4.18. The number of anilines is 1. The summed E-state index contributed by atoms with van der Waals surface area (Å²) in [4.78, 5) is 4.84. The van der Waals surface area contributed by atoms with Crippen molar-refractivity contribution in [2.75, 3.05) is 11.0 Å². The highest BCUT2D eigenvalue weighted by Gasteiger charge is 2.12. The minimum Gasteiger partial charge on any atom is -0.296 e. The quantitative estimate of drug-likeness (QED) is 0.536. The van der Waals surface area contributed by atoms with Gasteiger partial charge in [-0.25, -0.2) is 13.4 Å². The molecule has 1 N–H and O–H groups in total. The molecule has 28 heavy (non-hydrogen) atoms. The van der Waals surface area contributed by atoms with Gasteiger partial charge in [0.2, 0.25) is 10.0 Å². The predicted molar refractivity (Wildman–Crippen MR) is 113 cm³/mol. The molecule has 0 aliphatic heterocycles. The Labute approximate surface area is 164 Å². The molecule has 0 aliphatic carbocycles. The third-order valence-electron chi connectivity index (χ3n) is 4.54. The zero-order chi connectivity index (χ0) is 19.6. The third-order valence-corrected chi connectivity index (χ3v) is 5.15. The van der Waals surface area contributed by atoms with Gasteiger partial charge in [-0.05, 0) is 48.4 Å². The highest BCUT2D eigenvalue weighted by Crippen LogP contribution is 2.22. The fourth-order valence-corrected chi connectivity index (χ4v) is 3.88. The summed E-state index contributed by atoms with van der Waals surface area (Å²) in [6, 6.07) is 25.9. The number of hydrogen-bond acceptors (Lipinski definition) is 3. The van der Waals surface area contributed by atoms with E-state index in [2.05, 4.69) is 27.5 Å². The van der Waals surface area contributed by atoms with E-state index in [0.717, 1.165) is 47.2 Å². The molecule has 0 radical (unpaired) electrons. The molecular formula is C22H21N3O2S. The molecular weight excluding hydrogens is 370 g/mol. The van der Waals surface area contributed by atoms with Gasteiger partial charge in [-0.3, -0.25) is 9.29 Å². The molecule has 142 valence electrons. The molecule has 3 aromatic carbocycles. The highest BCUT2D eigenvalue weighted by molar-refractivity contribution is 7.92. The molecule has 4 aromatic rings. The average Bonchev–Trinajstić information content (AvgIpc) is 3.05. The lowest BCUT2D eigenvalue weighted by Gasteiger charge is -2.10. The van der Waals surface area contributed by atoms with Gasteiger partial charge in [0.15, 0.2) is 0 Å². The van der Waals surface area contributed by atoms with Crippen LogP contribution in [0.4, 0.5) is 5.69 Å². The summed E-state index contributed by atoms with van der Waals surface area (Å²) in [7, 11) is -3.26. The normalized spacial score (nSPS) is 11.6. The van der Waals surface area contributed by atoms with E-state index in [1.807, 2.05) is 48.5 Å². The third kappa shape index (κ3) is 4.07. The number of nitrogens with one attached hydrogen (secondary N) is 1. The summed E-state index contributed by atoms with van der Waals surface area (Å²) in [6.45, 7) is 0. The van der Waals surface area contributed by atoms with Crippen molar-refractivity contribution >= 4 is 26.7 Å². The Hall–Kier alpha value is -3.12. The fraction of sp³-hybridized carbons (Fsp3) is 0.136. The molecule has 1 heterocycles. The largest absolute Gasteiger partial charge is 0.296 e. The molecule has 1 aromatic heterocycles. The number of benzene rings is 3. The topological polar surface area (TPSA) is 64.0 Å². The van der Waals surface area contributed by atoms with Crippen LogP contribution in [-0.2, 0) is 22.9 Å². The molecule has 0 atom stereocenters. The molecule has 5 nitrogen and oxygen atoms in total. The Bertz CT molecular complexity index is 1200. The van der Waals surface area contributed by atoms with Crippen molar-refractivity contribution in [1.82, 2.24) is 9.55 Å². The highest BCUT2D eigenvalue weighted by atomic mass is 32.2. The lowest BCUT2D eigenvalue weighted by atomic mass is 10.1. The van der Waals surface area contributed by atoms with Crippen molar-refractivity contribution in [3.05, 3.63) is 90.3 Å². The first kappa shape index (κ1) is 18.3. The van der Waals surface area contributed by atoms with E-state index in [0.29, 0.717) is 5.69 Å². The molecule has 0 saturated heterocycles. The van der Waals surface area contributed by atoms with Crippen LogP contribution in [0.1, 0.15) is 11.4 Å². The number of fused-ring (bicyclic) bond motifs is 1. The lowest BCUT2D eigenvalue weighted by molar-refractivity contribution is 0.607. The zero-order valence-corrected chi connectivity index (χ0v) is 16.4. The van der Waals surface area contributed by atoms with Crippen LogP contribution in [0.3, 0.4) is 0 Å². The number of aromatic nitrogens is 2. The zero-order valence-electron chi connectivity index (χ0n) is 15.5. The van der Waals surface area contributed by atoms with Crippen LogP contribution in [0.5, 0.6) is 0 Å². The minimum absolute atomic E-state index is 0.572. The van der Waals surface area contributed by atoms with Crippen LogP contribution in [0.25, 0.3) is 16.7 Å². The number of hydrogen-bond donors (Lipinski definition) is 1. The van der Waals surface area contributed by atoms with E-state index in [1.165, 1.54) is 0 Å². The molecule has 0 spiro atoms. The van der Waals surface area contributed by atoms with Crippen molar-refractivity contribution in [1.29, 1.82) is 0 Å². The summed E-state index contributed by atoms with van der Waals surface area (Å²) >= 11 is 0. The second kappa shape index (κ2) is 7.48. The van der Waals surface area contributed by atoms with E-state index in [1.54, 1.807) is 12.1 Å². The number of imidazole rings is 1. The van der Waals surface area contributed by atoms with E-state index in [9.17, 15) is 8.42 Å². The van der Waals surface area contributed by atoms with Gasteiger partial charge < -0.3 is 0 Å². The van der Waals surface area contributed by atoms with Gasteiger partial charge in [-0.15, -0.1) is 0 Å². The molecule has 0 fully saturated rings. The Kier molecular flexibility index (Phi) is 4.88. The van der Waals surface area contributed by atoms with E-state index < -0.39 is 10.0 Å². The first-order chi connectivity index (χ1) is 13.5. The van der Waals surface area contributed by atoms with Crippen molar-refractivity contribution < 1.29 is 8.42 Å². The van der Waals surface area contributed by atoms with E-state index in [4.69, 9.17) is 4.98 Å². The maximum absolute atomic E-state index is 11.3. The van der Waals surface area contributed by atoms with Gasteiger partial charge in [0.25, 0.3) is 0 Å². The monoisotopic (exact) mass is 391 g/mol. The maximum Gasteiger partial charge on any atom is 0.229 e. The number of rotatable bonds is 6. The van der Waals surface area contributed by atoms with Crippen LogP contribution in [0.15, 0.2) is 78.9 Å². The average molecular weight is 391 g/mol. The number of aryl methyl sites for hydroxylation is 2. The van der Waals surface area contributed by atoms with E-state index in [-0.39, 0.29) is 0 Å². The van der Waals surface area contributed by atoms with Crippen LogP contribution in [0, 0.1) is 0 Å². The molecule has 4 rings (SSSR count). The minimum atomic E-state index is -3.26. The van der Waals surface area contributed by atoms with Gasteiger partial charge in [-0.2, -0.15) is 0 Å². The number of sulfonamides is 1. The van der Waals surface area contributed by atoms with Gasteiger partial charge in [0, 0.05) is 17.8 Å². The Morgan fingerprint density at radius 2 is 1.54 bits per heavy atom. The summed E-state index contributed by atoms with van der Waals surface area (Å²) in [6.07, 6.45) is 2.74. The number of para-hydroxylation sites is 3. The van der Waals surface area contributed by atoms with Gasteiger partial charge in [0.05, 0.1) is 17.3 Å². The second-order valence-corrected chi connectivity index (χ2v) is 8.51. The van der Waals surface area contributed by atoms with Crippen LogP contribution >= 0.6 is 0 Å². The van der Waals surface area contributed by atoms with Crippen LogP contribution < -0.4 is 4.72 Å². The Balaban J connectivity index is 1.60. The van der Waals surface area contributed by atoms with E-state index >= 15 is 0 Å². The molecule has 0 bridgehead atoms. The summed E-state index contributed by atoms with van der Waals surface area (Å²) in [5.41, 5.74) is 4.87. The molecule has 0 amide bonds. The first-order valence-corrected chi connectivity index (χ1v) is 11.0. The smallest absolute Gasteiger partial charge is 0.229 e. The molecule has 0 aliphatic rings. The molecule has 0 saturated carbocycles. The Morgan fingerprint density at radius 3 is 2.25 bits per heavy atom.